The van der Waals surface area contributed by atoms with Crippen molar-refractivity contribution >= 4 is 5.91 Å². The lowest BCUT2D eigenvalue weighted by Gasteiger charge is -2.11. The molecule has 3 nitrogen and oxygen atoms in total. The summed E-state index contributed by atoms with van der Waals surface area (Å²) in [7, 11) is 0. The maximum atomic E-state index is 13.1. The molecule has 1 aliphatic rings. The van der Waals surface area contributed by atoms with E-state index in [1.54, 1.807) is 13.0 Å². The number of aryl methyl sites for hydroxylation is 1. The SMILES string of the molecule is Cc1cc(CCNC(=O)C2CCCN2)ccc1F. The first-order valence-corrected chi connectivity index (χ1v) is 6.43. The van der Waals surface area contributed by atoms with Gasteiger partial charge in [-0.05, 0) is 49.9 Å². The lowest BCUT2D eigenvalue weighted by molar-refractivity contribution is -0.122. The molecule has 0 spiro atoms. The summed E-state index contributed by atoms with van der Waals surface area (Å²) in [5, 5.41) is 6.07. The molecule has 0 aliphatic carbocycles. The van der Waals surface area contributed by atoms with Gasteiger partial charge in [-0.25, -0.2) is 4.39 Å². The van der Waals surface area contributed by atoms with Crippen LogP contribution in [-0.4, -0.2) is 25.0 Å². The van der Waals surface area contributed by atoms with Gasteiger partial charge in [0.1, 0.15) is 5.82 Å². The Hall–Kier alpha value is -1.42. The van der Waals surface area contributed by atoms with Crippen molar-refractivity contribution in [3.8, 4) is 0 Å². The van der Waals surface area contributed by atoms with Crippen LogP contribution >= 0.6 is 0 Å². The molecule has 1 aromatic rings. The standard InChI is InChI=1S/C14H19FN2O/c1-10-9-11(4-5-12(10)15)6-8-17-14(18)13-3-2-7-16-13/h4-5,9,13,16H,2-3,6-8H2,1H3,(H,17,18). The van der Waals surface area contributed by atoms with Crippen molar-refractivity contribution in [1.82, 2.24) is 10.6 Å². The van der Waals surface area contributed by atoms with Gasteiger partial charge in [0.05, 0.1) is 6.04 Å². The summed E-state index contributed by atoms with van der Waals surface area (Å²) in [6.45, 7) is 3.27. The predicted octanol–water partition coefficient (Wildman–Crippen LogP) is 1.54. The number of rotatable bonds is 4. The Morgan fingerprint density at radius 1 is 1.56 bits per heavy atom. The third-order valence-corrected chi connectivity index (χ3v) is 3.31. The average molecular weight is 250 g/mol. The molecule has 1 heterocycles. The first kappa shape index (κ1) is 13.0. The minimum absolute atomic E-state index is 0.0278. The lowest BCUT2D eigenvalue weighted by atomic mass is 10.1. The first-order chi connectivity index (χ1) is 8.66. The molecule has 1 unspecified atom stereocenters. The van der Waals surface area contributed by atoms with E-state index in [-0.39, 0.29) is 17.8 Å². The van der Waals surface area contributed by atoms with E-state index in [9.17, 15) is 9.18 Å². The van der Waals surface area contributed by atoms with Crippen molar-refractivity contribution < 1.29 is 9.18 Å². The highest BCUT2D eigenvalue weighted by molar-refractivity contribution is 5.81. The molecule has 1 fully saturated rings. The van der Waals surface area contributed by atoms with Crippen LogP contribution in [0.2, 0.25) is 0 Å². The monoisotopic (exact) mass is 250 g/mol. The molecule has 1 saturated heterocycles. The van der Waals surface area contributed by atoms with Crippen molar-refractivity contribution in [3.05, 3.63) is 35.1 Å². The van der Waals surface area contributed by atoms with E-state index in [0.717, 1.165) is 31.4 Å². The third kappa shape index (κ3) is 3.29. The molecule has 0 aromatic heterocycles. The summed E-state index contributed by atoms with van der Waals surface area (Å²) in [5.41, 5.74) is 1.70. The van der Waals surface area contributed by atoms with Crippen LogP contribution in [0.25, 0.3) is 0 Å². The average Bonchev–Trinajstić information content (AvgIpc) is 2.87. The van der Waals surface area contributed by atoms with E-state index in [4.69, 9.17) is 0 Å². The summed E-state index contributed by atoms with van der Waals surface area (Å²) in [6.07, 6.45) is 2.72. The number of amides is 1. The maximum Gasteiger partial charge on any atom is 0.237 e. The van der Waals surface area contributed by atoms with Crippen LogP contribution in [0, 0.1) is 12.7 Å². The van der Waals surface area contributed by atoms with Gasteiger partial charge in [-0.3, -0.25) is 4.79 Å². The predicted molar refractivity (Wildman–Crippen MR) is 68.9 cm³/mol. The Bertz CT molecular complexity index is 428. The Labute approximate surface area is 107 Å². The van der Waals surface area contributed by atoms with Crippen molar-refractivity contribution in [1.29, 1.82) is 0 Å². The Morgan fingerprint density at radius 2 is 2.39 bits per heavy atom. The van der Waals surface area contributed by atoms with Gasteiger partial charge >= 0.3 is 0 Å². The molecule has 2 rings (SSSR count). The van der Waals surface area contributed by atoms with E-state index in [1.807, 2.05) is 6.07 Å². The van der Waals surface area contributed by atoms with E-state index >= 15 is 0 Å². The maximum absolute atomic E-state index is 13.1. The van der Waals surface area contributed by atoms with Gasteiger partial charge in [0, 0.05) is 6.54 Å². The van der Waals surface area contributed by atoms with Gasteiger partial charge in [-0.2, -0.15) is 0 Å². The highest BCUT2D eigenvalue weighted by atomic mass is 19.1. The van der Waals surface area contributed by atoms with Crippen LogP contribution in [0.1, 0.15) is 24.0 Å². The number of carbonyl (C=O) groups is 1. The van der Waals surface area contributed by atoms with E-state index in [2.05, 4.69) is 10.6 Å². The molecule has 2 N–H and O–H groups in total. The second kappa shape index (κ2) is 5.96. The minimum Gasteiger partial charge on any atom is -0.354 e. The van der Waals surface area contributed by atoms with E-state index in [0.29, 0.717) is 12.1 Å². The zero-order chi connectivity index (χ0) is 13.0. The number of hydrogen-bond donors (Lipinski definition) is 2. The van der Waals surface area contributed by atoms with Gasteiger partial charge in [0.25, 0.3) is 0 Å². The molecule has 0 bridgehead atoms. The summed E-state index contributed by atoms with van der Waals surface area (Å²) in [5.74, 6) is -0.107. The van der Waals surface area contributed by atoms with Gasteiger partial charge in [-0.1, -0.05) is 12.1 Å². The van der Waals surface area contributed by atoms with Crippen molar-refractivity contribution in [2.75, 3.05) is 13.1 Å². The number of nitrogens with one attached hydrogen (secondary N) is 2. The molecule has 1 aliphatic heterocycles. The van der Waals surface area contributed by atoms with Crippen LogP contribution < -0.4 is 10.6 Å². The van der Waals surface area contributed by atoms with Crippen LogP contribution in [0.15, 0.2) is 18.2 Å². The normalized spacial score (nSPS) is 18.9. The molecule has 18 heavy (non-hydrogen) atoms. The molecular formula is C14H19FN2O. The molecule has 0 saturated carbocycles. The fourth-order valence-corrected chi connectivity index (χ4v) is 2.22. The second-order valence-corrected chi connectivity index (χ2v) is 4.77. The zero-order valence-electron chi connectivity index (χ0n) is 10.6. The highest BCUT2D eigenvalue weighted by Gasteiger charge is 2.21. The number of halogens is 1. The number of carbonyl (C=O) groups excluding carboxylic acids is 1. The molecule has 0 radical (unpaired) electrons. The Morgan fingerprint density at radius 3 is 3.06 bits per heavy atom. The van der Waals surface area contributed by atoms with Crippen LogP contribution in [0.3, 0.4) is 0 Å². The molecule has 98 valence electrons. The summed E-state index contributed by atoms with van der Waals surface area (Å²) in [6, 6.07) is 5.04. The van der Waals surface area contributed by atoms with Crippen LogP contribution in [0.4, 0.5) is 4.39 Å². The van der Waals surface area contributed by atoms with Gasteiger partial charge in [-0.15, -0.1) is 0 Å². The zero-order valence-corrected chi connectivity index (χ0v) is 10.6. The molecule has 1 aromatic carbocycles. The van der Waals surface area contributed by atoms with Crippen molar-refractivity contribution in [2.45, 2.75) is 32.2 Å². The van der Waals surface area contributed by atoms with Crippen LogP contribution in [-0.2, 0) is 11.2 Å². The van der Waals surface area contributed by atoms with Crippen molar-refractivity contribution in [3.63, 3.8) is 0 Å². The van der Waals surface area contributed by atoms with Crippen LogP contribution in [0.5, 0.6) is 0 Å². The molecule has 1 atom stereocenters. The van der Waals surface area contributed by atoms with Gasteiger partial charge < -0.3 is 10.6 Å². The number of hydrogen-bond acceptors (Lipinski definition) is 2. The van der Waals surface area contributed by atoms with E-state index < -0.39 is 0 Å². The van der Waals surface area contributed by atoms with Crippen molar-refractivity contribution in [2.24, 2.45) is 0 Å². The van der Waals surface area contributed by atoms with E-state index in [1.165, 1.54) is 6.07 Å². The summed E-state index contributed by atoms with van der Waals surface area (Å²) < 4.78 is 13.1. The molecule has 1 amide bonds. The smallest absolute Gasteiger partial charge is 0.237 e. The lowest BCUT2D eigenvalue weighted by Crippen LogP contribution is -2.41. The van der Waals surface area contributed by atoms with Gasteiger partial charge in [0.15, 0.2) is 0 Å². The Balaban J connectivity index is 1.77. The topological polar surface area (TPSA) is 41.1 Å². The largest absolute Gasteiger partial charge is 0.354 e. The van der Waals surface area contributed by atoms with Gasteiger partial charge in [0.2, 0.25) is 5.91 Å². The molecule has 4 heteroatoms. The first-order valence-electron chi connectivity index (χ1n) is 6.43. The fourth-order valence-electron chi connectivity index (χ4n) is 2.22. The number of benzene rings is 1. The highest BCUT2D eigenvalue weighted by Crippen LogP contribution is 2.09. The second-order valence-electron chi connectivity index (χ2n) is 4.77. The third-order valence-electron chi connectivity index (χ3n) is 3.31. The Kier molecular flexibility index (Phi) is 4.31. The minimum atomic E-state index is -0.182. The fraction of sp³-hybridized carbons (Fsp3) is 0.500. The summed E-state index contributed by atoms with van der Waals surface area (Å²) in [4.78, 5) is 11.7. The quantitative estimate of drug-likeness (QED) is 0.851. The molecular weight excluding hydrogens is 231 g/mol. The summed E-state index contributed by atoms with van der Waals surface area (Å²) >= 11 is 0.